The molecule has 0 saturated heterocycles. The van der Waals surface area contributed by atoms with Crippen LogP contribution in [0, 0.1) is 17.8 Å². The summed E-state index contributed by atoms with van der Waals surface area (Å²) in [5.74, 6) is 3.14. The summed E-state index contributed by atoms with van der Waals surface area (Å²) in [4.78, 5) is 22.6. The molecule has 2 unspecified atom stereocenters. The highest BCUT2D eigenvalue weighted by Crippen LogP contribution is 2.21. The first kappa shape index (κ1) is 20.3. The van der Waals surface area contributed by atoms with Crippen molar-refractivity contribution in [3.05, 3.63) is 0 Å². The van der Waals surface area contributed by atoms with Gasteiger partial charge in [-0.1, -0.05) is 26.7 Å². The van der Waals surface area contributed by atoms with Crippen LogP contribution in [0.15, 0.2) is 0 Å². The maximum absolute atomic E-state index is 11.9. The maximum Gasteiger partial charge on any atom is 0.408 e. The zero-order valence-electron chi connectivity index (χ0n) is 14.2. The van der Waals surface area contributed by atoms with E-state index in [0.29, 0.717) is 6.42 Å². The van der Waals surface area contributed by atoms with E-state index in [1.165, 1.54) is 0 Å². The fourth-order valence-corrected chi connectivity index (χ4v) is 1.88. The monoisotopic (exact) mass is 313 g/mol. The van der Waals surface area contributed by atoms with E-state index in [9.17, 15) is 14.7 Å². The number of carbonyl (C=O) groups is 2. The quantitative estimate of drug-likeness (QED) is 0.676. The molecule has 6 heteroatoms. The smallest absolute Gasteiger partial charge is 0.408 e. The second kappa shape index (κ2) is 8.04. The van der Waals surface area contributed by atoms with Gasteiger partial charge >= 0.3 is 12.1 Å². The first-order chi connectivity index (χ1) is 9.89. The summed E-state index contributed by atoms with van der Waals surface area (Å²) >= 11 is 0. The summed E-state index contributed by atoms with van der Waals surface area (Å²) in [6.45, 7) is 10.8. The molecule has 0 rings (SSSR count). The lowest BCUT2D eigenvalue weighted by Crippen LogP contribution is -2.53. The van der Waals surface area contributed by atoms with Crippen molar-refractivity contribution in [1.82, 2.24) is 5.32 Å². The molecule has 0 saturated carbocycles. The van der Waals surface area contributed by atoms with E-state index in [1.807, 2.05) is 19.8 Å². The normalized spacial score (nSPS) is 15.3. The molecule has 0 aromatic carbocycles. The Morgan fingerprint density at radius 1 is 1.27 bits per heavy atom. The van der Waals surface area contributed by atoms with Crippen LogP contribution in [0.5, 0.6) is 0 Å². The van der Waals surface area contributed by atoms with Gasteiger partial charge in [0.15, 0.2) is 0 Å². The molecule has 3 N–H and O–H groups in total. The molecule has 22 heavy (non-hydrogen) atoms. The van der Waals surface area contributed by atoms with E-state index in [1.54, 1.807) is 27.7 Å². The van der Waals surface area contributed by atoms with Gasteiger partial charge in [0.2, 0.25) is 0 Å². The number of aliphatic hydroxyl groups is 1. The number of carboxylic acids is 1. The van der Waals surface area contributed by atoms with Gasteiger partial charge in [-0.2, -0.15) is 0 Å². The first-order valence-electron chi connectivity index (χ1n) is 7.37. The third kappa shape index (κ3) is 7.89. The number of hydrogen-bond acceptors (Lipinski definition) is 4. The zero-order chi connectivity index (χ0) is 17.6. The Balaban J connectivity index is 5.29. The van der Waals surface area contributed by atoms with Crippen LogP contribution in [-0.2, 0) is 9.53 Å². The van der Waals surface area contributed by atoms with E-state index < -0.39 is 29.3 Å². The van der Waals surface area contributed by atoms with Crippen LogP contribution in [-0.4, -0.2) is 39.5 Å². The number of carboxylic acid groups (broad SMARTS) is 1. The van der Waals surface area contributed by atoms with E-state index >= 15 is 0 Å². The predicted molar refractivity (Wildman–Crippen MR) is 83.3 cm³/mol. The zero-order valence-corrected chi connectivity index (χ0v) is 14.2. The van der Waals surface area contributed by atoms with Gasteiger partial charge in [-0.05, 0) is 39.5 Å². The van der Waals surface area contributed by atoms with Gasteiger partial charge in [0, 0.05) is 5.92 Å². The number of nitrogens with one attached hydrogen (secondary N) is 1. The predicted octanol–water partition coefficient (Wildman–Crippen LogP) is 2.15. The molecule has 6 nitrogen and oxygen atoms in total. The van der Waals surface area contributed by atoms with Crippen LogP contribution in [0.25, 0.3) is 0 Å². The number of carbonyl (C=O) groups excluding carboxylic acids is 1. The summed E-state index contributed by atoms with van der Waals surface area (Å²) in [5, 5.41) is 21.9. The molecule has 0 spiro atoms. The maximum atomic E-state index is 11.9. The van der Waals surface area contributed by atoms with Crippen LogP contribution in [0.3, 0.4) is 0 Å². The number of rotatable bonds is 5. The fraction of sp³-hybridized carbons (Fsp3) is 0.750. The SMILES string of the molecule is CCC(O)(C#CC(=O)O)C(CC(C)C)NC(=O)OC(C)(C)C. The molecule has 0 bridgehead atoms. The molecule has 1 amide bonds. The average molecular weight is 313 g/mol. The number of ether oxygens (including phenoxy) is 1. The summed E-state index contributed by atoms with van der Waals surface area (Å²) < 4.78 is 5.19. The lowest BCUT2D eigenvalue weighted by atomic mass is 9.86. The van der Waals surface area contributed by atoms with Gasteiger partial charge in [-0.15, -0.1) is 0 Å². The summed E-state index contributed by atoms with van der Waals surface area (Å²) in [5.41, 5.74) is -2.29. The standard InChI is InChI=1S/C16H27NO5/c1-7-16(21,9-8-13(18)19)12(10-11(2)3)17-14(20)22-15(4,5)6/h11-12,21H,7,10H2,1-6H3,(H,17,20)(H,18,19). The molecule has 0 aromatic heterocycles. The Hall–Kier alpha value is -1.74. The Bertz CT molecular complexity index is 455. The van der Waals surface area contributed by atoms with E-state index in [2.05, 4.69) is 11.2 Å². The van der Waals surface area contributed by atoms with Crippen molar-refractivity contribution < 1.29 is 24.5 Å². The molecular weight excluding hydrogens is 286 g/mol. The van der Waals surface area contributed by atoms with Crippen molar-refractivity contribution in [2.75, 3.05) is 0 Å². The van der Waals surface area contributed by atoms with E-state index in [-0.39, 0.29) is 12.3 Å². The Morgan fingerprint density at radius 3 is 2.18 bits per heavy atom. The summed E-state index contributed by atoms with van der Waals surface area (Å²) in [6, 6.07) is -0.723. The highest BCUT2D eigenvalue weighted by Gasteiger charge is 2.36. The lowest BCUT2D eigenvalue weighted by Gasteiger charge is -2.33. The minimum Gasteiger partial charge on any atom is -0.472 e. The van der Waals surface area contributed by atoms with Gasteiger partial charge in [-0.3, -0.25) is 0 Å². The molecular formula is C16H27NO5. The summed E-state index contributed by atoms with van der Waals surface area (Å²) in [6.07, 6.45) is -0.0413. The molecule has 0 aliphatic carbocycles. The molecule has 2 atom stereocenters. The second-order valence-electron chi connectivity index (χ2n) is 6.66. The third-order valence-electron chi connectivity index (χ3n) is 2.90. The van der Waals surface area contributed by atoms with Crippen molar-refractivity contribution in [2.24, 2.45) is 5.92 Å². The Morgan fingerprint density at radius 2 is 1.82 bits per heavy atom. The van der Waals surface area contributed by atoms with E-state index in [4.69, 9.17) is 9.84 Å². The van der Waals surface area contributed by atoms with Crippen LogP contribution in [0.1, 0.15) is 54.4 Å². The van der Waals surface area contributed by atoms with Gasteiger partial charge in [0.1, 0.15) is 11.2 Å². The van der Waals surface area contributed by atoms with Gasteiger partial charge < -0.3 is 20.3 Å². The molecule has 0 aliphatic heterocycles. The van der Waals surface area contributed by atoms with Crippen LogP contribution in [0.2, 0.25) is 0 Å². The first-order valence-corrected chi connectivity index (χ1v) is 7.37. The second-order valence-corrected chi connectivity index (χ2v) is 6.66. The molecule has 0 heterocycles. The van der Waals surface area contributed by atoms with Crippen molar-refractivity contribution >= 4 is 12.1 Å². The Labute approximate surface area is 132 Å². The molecule has 0 aliphatic rings. The number of aliphatic carboxylic acids is 1. The van der Waals surface area contributed by atoms with E-state index in [0.717, 1.165) is 0 Å². The molecule has 126 valence electrons. The van der Waals surface area contributed by atoms with Crippen molar-refractivity contribution in [2.45, 2.75) is 71.6 Å². The minimum atomic E-state index is -1.63. The number of hydrogen-bond donors (Lipinski definition) is 3. The van der Waals surface area contributed by atoms with Gasteiger partial charge in [-0.25, -0.2) is 9.59 Å². The third-order valence-corrected chi connectivity index (χ3v) is 2.90. The Kier molecular flexibility index (Phi) is 7.41. The van der Waals surface area contributed by atoms with Crippen LogP contribution < -0.4 is 5.32 Å². The lowest BCUT2D eigenvalue weighted by molar-refractivity contribution is -0.130. The molecule has 0 aromatic rings. The average Bonchev–Trinajstić information content (AvgIpc) is 2.32. The number of amides is 1. The van der Waals surface area contributed by atoms with Crippen molar-refractivity contribution in [1.29, 1.82) is 0 Å². The van der Waals surface area contributed by atoms with Crippen LogP contribution >= 0.6 is 0 Å². The highest BCUT2D eigenvalue weighted by atomic mass is 16.6. The molecule has 0 radical (unpaired) electrons. The largest absolute Gasteiger partial charge is 0.472 e. The highest BCUT2D eigenvalue weighted by molar-refractivity contribution is 5.86. The van der Waals surface area contributed by atoms with Gasteiger partial charge in [0.25, 0.3) is 0 Å². The summed E-state index contributed by atoms with van der Waals surface area (Å²) in [7, 11) is 0. The van der Waals surface area contributed by atoms with Gasteiger partial charge in [0.05, 0.1) is 6.04 Å². The molecule has 0 fully saturated rings. The number of alkyl carbamates (subject to hydrolysis) is 1. The van der Waals surface area contributed by atoms with Crippen molar-refractivity contribution in [3.8, 4) is 11.8 Å². The van der Waals surface area contributed by atoms with Crippen LogP contribution in [0.4, 0.5) is 4.79 Å². The fourth-order valence-electron chi connectivity index (χ4n) is 1.88. The minimum absolute atomic E-state index is 0.171. The topological polar surface area (TPSA) is 95.9 Å². The van der Waals surface area contributed by atoms with Crippen molar-refractivity contribution in [3.63, 3.8) is 0 Å².